The number of hydroxylamine groups is 8. The van der Waals surface area contributed by atoms with Crippen molar-refractivity contribution in [2.45, 2.75) is 289 Å². The number of aliphatic hydroxyl groups excluding tert-OH is 3. The molecule has 7 aliphatic rings. The van der Waals surface area contributed by atoms with E-state index in [1.54, 1.807) is 10.6 Å². The molecule has 0 amide bonds. The van der Waals surface area contributed by atoms with Crippen LogP contribution < -0.4 is 53.2 Å². The smallest absolute Gasteiger partial charge is 0.403 e. The third kappa shape index (κ3) is 28.5. The van der Waals surface area contributed by atoms with Gasteiger partial charge >= 0.3 is 162 Å². The van der Waals surface area contributed by atoms with Crippen molar-refractivity contribution in [1.29, 1.82) is 0 Å². The summed E-state index contributed by atoms with van der Waals surface area (Å²) in [7, 11) is -91.8. The molecule has 7 heterocycles. The Morgan fingerprint density at radius 3 is 1.24 bits per heavy atom. The van der Waals surface area contributed by atoms with Crippen LogP contribution in [0, 0.1) is 11.8 Å². The fraction of sp³-hybridized carbons (Fsp3) is 1.00. The molecule has 0 saturated carbocycles. The van der Waals surface area contributed by atoms with E-state index >= 15 is 171 Å². The van der Waals surface area contributed by atoms with Gasteiger partial charge in [0.2, 0.25) is 0 Å². The summed E-state index contributed by atoms with van der Waals surface area (Å²) in [4.78, 5) is 58.5. The van der Waals surface area contributed by atoms with Crippen molar-refractivity contribution in [3.8, 4) is 0 Å². The first kappa shape index (κ1) is 131. The highest BCUT2D eigenvalue weighted by atomic mass is 28.5. The van der Waals surface area contributed by atoms with E-state index in [4.69, 9.17) is 9.26 Å². The molecule has 31 nitrogen and oxygen atoms in total. The fourth-order valence-corrected chi connectivity index (χ4v) is 49.2. The van der Waals surface area contributed by atoms with Gasteiger partial charge in [-0.05, 0) is 91.1 Å². The maximum absolute atomic E-state index is 19.6. The summed E-state index contributed by atoms with van der Waals surface area (Å²) in [5.74, 6) is -57.5. The third-order valence-electron chi connectivity index (χ3n) is 25.0. The molecular weight excluding hydrogens is 2280 g/mol. The number of alkyl halides is 42. The van der Waals surface area contributed by atoms with Crippen molar-refractivity contribution < 1.29 is 263 Å². The zero-order valence-electron chi connectivity index (χ0n) is 77.3. The lowest BCUT2D eigenvalue weighted by molar-refractivity contribution is -0.341. The number of halogens is 42. The summed E-state index contributed by atoms with van der Waals surface area (Å²) < 4.78 is 751. The Hall–Kier alpha value is -2.44. The van der Waals surface area contributed by atoms with Gasteiger partial charge in [0, 0.05) is 141 Å². The van der Waals surface area contributed by atoms with E-state index in [0.717, 1.165) is 43.4 Å². The number of hydrogen-bond acceptors (Lipinski definition) is 31. The summed E-state index contributed by atoms with van der Waals surface area (Å²) in [6, 6.07) is -41.3. The Bertz CT molecular complexity index is 4180. The predicted molar refractivity (Wildman–Crippen MR) is 431 cm³/mol. The molecule has 29 atom stereocenters. The van der Waals surface area contributed by atoms with Gasteiger partial charge < -0.3 is 122 Å². The minimum Gasteiger partial charge on any atom is -0.403 e. The first-order chi connectivity index (χ1) is 66.0. The summed E-state index contributed by atoms with van der Waals surface area (Å²) >= 11 is 0. The molecule has 7 fully saturated rings. The highest BCUT2D eigenvalue weighted by Crippen LogP contribution is 2.63. The average Bonchev–Trinajstić information content (AvgIpc) is 1.24. The van der Waals surface area contributed by atoms with Gasteiger partial charge in [-0.2, -0.15) is 187 Å². The van der Waals surface area contributed by atoms with Crippen molar-refractivity contribution >= 4 is 68.7 Å². The lowest BCUT2D eigenvalue weighted by Crippen LogP contribution is -2.90. The van der Waals surface area contributed by atoms with Crippen molar-refractivity contribution in [1.82, 2.24) is 73.4 Å². The first-order valence-electron chi connectivity index (χ1n) is 44.1. The molecule has 0 radical (unpaired) electrons. The summed E-state index contributed by atoms with van der Waals surface area (Å²) in [5, 5.41) is 57.9. The number of fused-ring (bicyclic) bond motifs is 4. The van der Waals surface area contributed by atoms with E-state index in [-0.39, 0.29) is 12.8 Å². The minimum absolute atomic E-state index is 0.304. The minimum atomic E-state index is -12.6. The Morgan fingerprint density at radius 1 is 0.361 bits per heavy atom. The van der Waals surface area contributed by atoms with Crippen molar-refractivity contribution in [2.75, 3.05) is 111 Å². The molecule has 81 heteroatoms. The van der Waals surface area contributed by atoms with Crippen molar-refractivity contribution in [2.24, 2.45) is 11.8 Å². The molecule has 7 saturated heterocycles. The largest absolute Gasteiger partial charge is 0.528 e. The highest BCUT2D eigenvalue weighted by molar-refractivity contribution is 6.95. The van der Waals surface area contributed by atoms with Crippen LogP contribution in [0.2, 0.25) is 19.1 Å². The average molecular weight is 2390 g/mol. The summed E-state index contributed by atoms with van der Waals surface area (Å²) in [6.07, 6.45) is -42.4. The van der Waals surface area contributed by atoms with Crippen LogP contribution in [0.1, 0.15) is 80.1 Å². The lowest BCUT2D eigenvalue weighted by Gasteiger charge is -2.54. The quantitative estimate of drug-likeness (QED) is 0.0843. The molecular formula is C66H108F42N14O17Si8. The molecule has 870 valence electrons. The van der Waals surface area contributed by atoms with Crippen LogP contribution in [0.15, 0.2) is 0 Å². The maximum Gasteiger partial charge on any atom is 0.528 e. The van der Waals surface area contributed by atoms with Gasteiger partial charge in [0.25, 0.3) is 0 Å². The predicted octanol–water partition coefficient (Wildman–Crippen LogP) is 7.20. The van der Waals surface area contributed by atoms with Gasteiger partial charge in [-0.25, -0.2) is 22.5 Å². The maximum atomic E-state index is 19.6. The second-order valence-corrected chi connectivity index (χ2v) is 61.5. The molecule has 0 spiro atoms. The second kappa shape index (κ2) is 46.5. The molecule has 18 N–H and O–H groups in total. The van der Waals surface area contributed by atoms with Gasteiger partial charge in [-0.3, -0.25) is 4.84 Å². The van der Waals surface area contributed by atoms with Gasteiger partial charge in [-0.15, -0.1) is 0 Å². The Kier molecular flexibility index (Phi) is 41.5. The van der Waals surface area contributed by atoms with E-state index in [2.05, 4.69) is 45.6 Å². The number of rotatable bonds is 8. The van der Waals surface area contributed by atoms with E-state index in [0.29, 0.717) is 13.8 Å². The van der Waals surface area contributed by atoms with E-state index in [1.165, 1.54) is 5.32 Å². The van der Waals surface area contributed by atoms with Gasteiger partial charge in [-0.1, -0.05) is 13.8 Å². The number of β-amino-alcohol motifs (C(OH)–C–C–N with tert-alkyl or cyclic N) is 3. The van der Waals surface area contributed by atoms with Crippen LogP contribution in [0.5, 0.6) is 0 Å². The molecule has 4 bridgehead atoms. The number of aliphatic hydroxyl groups is 3. The first-order valence-corrected chi connectivity index (χ1v) is 59.9. The van der Waals surface area contributed by atoms with Crippen molar-refractivity contribution in [3.05, 3.63) is 0 Å². The number of hydrogen-bond donors (Lipinski definition) is 18. The molecule has 0 aromatic rings. The Balaban J connectivity index is 1.85. The lowest BCUT2D eigenvalue weighted by atomic mass is 9.99. The molecule has 147 heavy (non-hydrogen) atoms. The van der Waals surface area contributed by atoms with Gasteiger partial charge in [0.05, 0.1) is 43.1 Å². The normalized spacial score (nSPS) is 40.8. The van der Waals surface area contributed by atoms with Crippen molar-refractivity contribution in [3.63, 3.8) is 0 Å². The van der Waals surface area contributed by atoms with Crippen LogP contribution in [-0.4, -0.2) is 430 Å². The van der Waals surface area contributed by atoms with Crippen LogP contribution in [0.4, 0.5) is 184 Å². The third-order valence-corrected chi connectivity index (χ3v) is 55.2. The zero-order valence-corrected chi connectivity index (χ0v) is 85.3. The second-order valence-electron chi connectivity index (χ2n) is 37.2. The molecule has 7 aliphatic heterocycles. The van der Waals surface area contributed by atoms with Crippen LogP contribution in [0.3, 0.4) is 0 Å². The molecule has 0 aliphatic carbocycles. The molecule has 7 rings (SSSR count). The zero-order chi connectivity index (χ0) is 113. The van der Waals surface area contributed by atoms with Gasteiger partial charge in [0.15, 0.2) is 0 Å². The molecule has 28 unspecified atom stereocenters. The van der Waals surface area contributed by atoms with Crippen LogP contribution in [-0.2, 0) is 38.9 Å². The summed E-state index contributed by atoms with van der Waals surface area (Å²) in [5.41, 5.74) is -56.3. The molecule has 0 aromatic heterocycles. The monoisotopic (exact) mass is 2390 g/mol. The Labute approximate surface area is 814 Å². The molecule has 0 aromatic carbocycles. The van der Waals surface area contributed by atoms with Gasteiger partial charge in [0.1, 0.15) is 30.2 Å². The van der Waals surface area contributed by atoms with E-state index in [9.17, 15) is 52.9 Å². The topological polar surface area (TPSA) is 378 Å². The van der Waals surface area contributed by atoms with E-state index < -0.39 is 442 Å². The standard InChI is InChI=1S/C66H108F42N14O17Si8/c1-33-12-13-45(51(67,68)69)118-27-49(119(126)29-37(5)112-15-33)56(81,82)147(66(106,107)108)135-140(7,55(79,80)47-30-121-50(54(76,77)78)31-122(133-121)48(53(73,74)75)26-114-36(4)17-117-47)134-143(127,62(94,95)96)57(83,84)58(85,86)144(128,63(97,98)99)137-141(8,132-43-23-110-20-41(124)11-9-10-40(123)19-109-21-42(125)22-111-24-43)136-142(61(91,92)93,138-145(129,64(100,101)102)59(87,88)60(89,90)146(130,139-147)65(103,104)105)32-39-14-44-34(2)28-120(131-44)38(6)18-113-35(3)16-116-46(25-115-39)52(70,71)72/h33-50,109-118,123-130H,9-32H2,1-8H3/t33?,34?,35?,36?,37?,38?,39?,40?,41?,42?,43?,44-,45?,46?,47?,48?,49?,50?,140?,141?,142?,143?,144?,145?,146?,147?/m0/s1. The fourth-order valence-electron chi connectivity index (χ4n) is 16.5. The summed E-state index contributed by atoms with van der Waals surface area (Å²) in [6.45, 7) is -28.2. The van der Waals surface area contributed by atoms with E-state index in [1.807, 2.05) is 10.6 Å². The SMILES string of the molecule is CC1CCC(C(F)(F)F)NCC(C(F)(F)[Si]2(C(F)(F)F)O[Si](C)(C(F)(F)C3CN4ON(CC4C(F)(F)F)C(C(F)(F)F)CNC(C)CN3)O[Si](O)(C(F)(F)F)C(F)(F)C(F)(F)[Si](O)(C(F)(F)F)O[Si](C)(OC3CNCC(O)CCCC(O)CNCC(O)CNC3)O[Si](CC3C[C@@H]4ON(CC4C)C(C)CNC(C)CNC(C(F)(F)F)CN3)(C(F)(F)F)O[Si](O)(C(F)(F)F)C(F)(F)C(F)(F)[Si](O)(C(F)(F)F)O2)N(O)CC(C)NC1. The van der Waals surface area contributed by atoms with Crippen LogP contribution in [0.25, 0.3) is 0 Å². The van der Waals surface area contributed by atoms with Crippen LogP contribution >= 0.6 is 0 Å². The highest BCUT2D eigenvalue weighted by Gasteiger charge is 3.01. The Morgan fingerprint density at radius 2 is 0.782 bits per heavy atom. The number of nitrogens with zero attached hydrogens (tertiary/aromatic N) is 4. The number of nitrogens with one attached hydrogen (secondary N) is 10.